The molecule has 102 valence electrons. The molecule has 0 unspecified atom stereocenters. The fourth-order valence-corrected chi connectivity index (χ4v) is 2.84. The molecular formula is C15H18O3S. The summed E-state index contributed by atoms with van der Waals surface area (Å²) < 4.78 is 5.38. The zero-order valence-electron chi connectivity index (χ0n) is 11.1. The van der Waals surface area contributed by atoms with Crippen molar-refractivity contribution in [3.05, 3.63) is 29.8 Å². The van der Waals surface area contributed by atoms with Gasteiger partial charge in [-0.3, -0.25) is 9.59 Å². The van der Waals surface area contributed by atoms with E-state index in [1.54, 1.807) is 19.1 Å². The van der Waals surface area contributed by atoms with E-state index in [9.17, 15) is 9.59 Å². The van der Waals surface area contributed by atoms with Crippen molar-refractivity contribution in [2.24, 2.45) is 0 Å². The highest BCUT2D eigenvalue weighted by Crippen LogP contribution is 2.23. The second-order valence-corrected chi connectivity index (χ2v) is 5.81. The van der Waals surface area contributed by atoms with Crippen LogP contribution in [0.1, 0.15) is 43.0 Å². The van der Waals surface area contributed by atoms with Crippen molar-refractivity contribution in [3.63, 3.8) is 0 Å². The van der Waals surface area contributed by atoms with Gasteiger partial charge in [-0.1, -0.05) is 12.1 Å². The third kappa shape index (κ3) is 4.39. The molecule has 3 nitrogen and oxygen atoms in total. The molecule has 0 atom stereocenters. The second kappa shape index (κ2) is 6.75. The summed E-state index contributed by atoms with van der Waals surface area (Å²) >= 11 is 1.45. The SMILES string of the molecule is CC(=O)c1ccc(SCC(=O)OC2CCCC2)cc1. The minimum Gasteiger partial charge on any atom is -0.462 e. The predicted molar refractivity (Wildman–Crippen MR) is 75.5 cm³/mol. The van der Waals surface area contributed by atoms with Crippen LogP contribution in [0.2, 0.25) is 0 Å². The van der Waals surface area contributed by atoms with Gasteiger partial charge in [-0.15, -0.1) is 11.8 Å². The molecule has 0 heterocycles. The van der Waals surface area contributed by atoms with Crippen LogP contribution in [0.4, 0.5) is 0 Å². The van der Waals surface area contributed by atoms with E-state index < -0.39 is 0 Å². The van der Waals surface area contributed by atoms with E-state index in [-0.39, 0.29) is 17.9 Å². The maximum Gasteiger partial charge on any atom is 0.316 e. The standard InChI is InChI=1S/C15H18O3S/c1-11(16)12-6-8-14(9-7-12)19-10-15(17)18-13-4-2-3-5-13/h6-9,13H,2-5,10H2,1H3. The summed E-state index contributed by atoms with van der Waals surface area (Å²) in [6.45, 7) is 1.54. The van der Waals surface area contributed by atoms with Crippen LogP contribution in [-0.4, -0.2) is 23.6 Å². The number of hydrogen-bond acceptors (Lipinski definition) is 4. The maximum atomic E-state index is 11.7. The number of ketones is 1. The highest BCUT2D eigenvalue weighted by atomic mass is 32.2. The van der Waals surface area contributed by atoms with E-state index in [2.05, 4.69) is 0 Å². The molecule has 0 aromatic heterocycles. The number of carbonyl (C=O) groups is 2. The molecule has 0 bridgehead atoms. The Morgan fingerprint density at radius 3 is 2.42 bits per heavy atom. The number of rotatable bonds is 5. The Morgan fingerprint density at radius 2 is 1.84 bits per heavy atom. The van der Waals surface area contributed by atoms with Crippen molar-refractivity contribution in [2.75, 3.05) is 5.75 Å². The molecule has 0 aliphatic heterocycles. The first-order chi connectivity index (χ1) is 9.15. The lowest BCUT2D eigenvalue weighted by Gasteiger charge is -2.10. The first-order valence-electron chi connectivity index (χ1n) is 6.58. The molecule has 1 aromatic rings. The number of ether oxygens (including phenoxy) is 1. The zero-order chi connectivity index (χ0) is 13.7. The number of esters is 1. The molecule has 0 N–H and O–H groups in total. The van der Waals surface area contributed by atoms with Gasteiger partial charge in [-0.05, 0) is 44.7 Å². The van der Waals surface area contributed by atoms with Crippen LogP contribution in [-0.2, 0) is 9.53 Å². The number of carbonyl (C=O) groups excluding carboxylic acids is 2. The van der Waals surface area contributed by atoms with Crippen molar-refractivity contribution < 1.29 is 14.3 Å². The first kappa shape index (κ1) is 14.1. The lowest BCUT2D eigenvalue weighted by molar-refractivity contribution is -0.145. The molecule has 1 aliphatic carbocycles. The monoisotopic (exact) mass is 278 g/mol. The molecule has 19 heavy (non-hydrogen) atoms. The van der Waals surface area contributed by atoms with Crippen molar-refractivity contribution in [1.82, 2.24) is 0 Å². The van der Waals surface area contributed by atoms with Crippen molar-refractivity contribution in [1.29, 1.82) is 0 Å². The summed E-state index contributed by atoms with van der Waals surface area (Å²) in [6.07, 6.45) is 4.47. The third-order valence-corrected chi connectivity index (χ3v) is 4.20. The largest absolute Gasteiger partial charge is 0.462 e. The van der Waals surface area contributed by atoms with E-state index in [1.165, 1.54) is 11.8 Å². The van der Waals surface area contributed by atoms with Crippen LogP contribution in [0.15, 0.2) is 29.2 Å². The van der Waals surface area contributed by atoms with Crippen molar-refractivity contribution >= 4 is 23.5 Å². The van der Waals surface area contributed by atoms with Crippen LogP contribution < -0.4 is 0 Å². The highest BCUT2D eigenvalue weighted by Gasteiger charge is 2.19. The second-order valence-electron chi connectivity index (χ2n) is 4.77. The summed E-state index contributed by atoms with van der Waals surface area (Å²) in [6, 6.07) is 7.30. The number of benzene rings is 1. The van der Waals surface area contributed by atoms with Gasteiger partial charge in [0.15, 0.2) is 5.78 Å². The fourth-order valence-electron chi connectivity index (χ4n) is 2.15. The average molecular weight is 278 g/mol. The van der Waals surface area contributed by atoms with Gasteiger partial charge in [0.05, 0.1) is 5.75 Å². The van der Waals surface area contributed by atoms with Gasteiger partial charge >= 0.3 is 5.97 Å². The molecule has 4 heteroatoms. The number of thioether (sulfide) groups is 1. The minimum absolute atomic E-state index is 0.0530. The molecule has 0 spiro atoms. The third-order valence-electron chi connectivity index (χ3n) is 3.22. The molecule has 1 aliphatic rings. The Hall–Kier alpha value is -1.29. The van der Waals surface area contributed by atoms with Crippen molar-refractivity contribution in [2.45, 2.75) is 43.6 Å². The number of Topliss-reactive ketones (excluding diaryl/α,β-unsaturated/α-hetero) is 1. The van der Waals surface area contributed by atoms with Gasteiger partial charge in [0.25, 0.3) is 0 Å². The van der Waals surface area contributed by atoms with Gasteiger partial charge in [-0.25, -0.2) is 0 Å². The molecule has 1 saturated carbocycles. The van der Waals surface area contributed by atoms with Crippen LogP contribution in [0, 0.1) is 0 Å². The van der Waals surface area contributed by atoms with Crippen LogP contribution in [0.3, 0.4) is 0 Å². The van der Waals surface area contributed by atoms with E-state index in [0.717, 1.165) is 30.6 Å². The summed E-state index contributed by atoms with van der Waals surface area (Å²) in [5.74, 6) is 0.236. The molecular weight excluding hydrogens is 260 g/mol. The Morgan fingerprint density at radius 1 is 1.21 bits per heavy atom. The Bertz CT molecular complexity index is 447. The molecule has 0 radical (unpaired) electrons. The van der Waals surface area contributed by atoms with Crippen LogP contribution in [0.5, 0.6) is 0 Å². The number of hydrogen-bond donors (Lipinski definition) is 0. The zero-order valence-corrected chi connectivity index (χ0v) is 11.9. The quantitative estimate of drug-likeness (QED) is 0.470. The Kier molecular flexibility index (Phi) is 5.02. The van der Waals surface area contributed by atoms with Gasteiger partial charge in [0.2, 0.25) is 0 Å². The van der Waals surface area contributed by atoms with Crippen LogP contribution in [0.25, 0.3) is 0 Å². The highest BCUT2D eigenvalue weighted by molar-refractivity contribution is 8.00. The summed E-state index contributed by atoms with van der Waals surface area (Å²) in [5.41, 5.74) is 0.692. The normalized spacial score (nSPS) is 15.4. The Balaban J connectivity index is 1.77. The lowest BCUT2D eigenvalue weighted by atomic mass is 10.2. The predicted octanol–water partition coefficient (Wildman–Crippen LogP) is 3.47. The van der Waals surface area contributed by atoms with Crippen molar-refractivity contribution in [3.8, 4) is 0 Å². The summed E-state index contributed by atoms with van der Waals surface area (Å²) in [4.78, 5) is 23.8. The van der Waals surface area contributed by atoms with E-state index in [4.69, 9.17) is 4.74 Å². The maximum absolute atomic E-state index is 11.7. The molecule has 0 saturated heterocycles. The summed E-state index contributed by atoms with van der Waals surface area (Å²) in [5, 5.41) is 0. The van der Waals surface area contributed by atoms with Gasteiger partial charge < -0.3 is 4.74 Å². The molecule has 1 fully saturated rings. The average Bonchev–Trinajstić information content (AvgIpc) is 2.89. The molecule has 2 rings (SSSR count). The molecule has 1 aromatic carbocycles. The molecule has 0 amide bonds. The van der Waals surface area contributed by atoms with Gasteiger partial charge in [-0.2, -0.15) is 0 Å². The lowest BCUT2D eigenvalue weighted by Crippen LogP contribution is -2.16. The first-order valence-corrected chi connectivity index (χ1v) is 7.57. The minimum atomic E-state index is -0.146. The van der Waals surface area contributed by atoms with Gasteiger partial charge in [0.1, 0.15) is 6.10 Å². The van der Waals surface area contributed by atoms with Crippen LogP contribution >= 0.6 is 11.8 Å². The topological polar surface area (TPSA) is 43.4 Å². The van der Waals surface area contributed by atoms with E-state index in [0.29, 0.717) is 11.3 Å². The summed E-state index contributed by atoms with van der Waals surface area (Å²) in [7, 11) is 0. The Labute approximate surface area is 117 Å². The fraction of sp³-hybridized carbons (Fsp3) is 0.467. The van der Waals surface area contributed by atoms with E-state index in [1.807, 2.05) is 12.1 Å². The van der Waals surface area contributed by atoms with Gasteiger partial charge in [0, 0.05) is 10.5 Å². The smallest absolute Gasteiger partial charge is 0.316 e. The van der Waals surface area contributed by atoms with E-state index >= 15 is 0 Å².